The van der Waals surface area contributed by atoms with Gasteiger partial charge < -0.3 is 19.9 Å². The molecule has 2 aromatic carbocycles. The summed E-state index contributed by atoms with van der Waals surface area (Å²) in [5.41, 5.74) is 2.28. The Morgan fingerprint density at radius 1 is 1.26 bits per heavy atom. The van der Waals surface area contributed by atoms with Crippen LogP contribution in [0.4, 0.5) is 0 Å². The van der Waals surface area contributed by atoms with E-state index in [1.165, 1.54) is 0 Å². The van der Waals surface area contributed by atoms with Crippen LogP contribution in [0.1, 0.15) is 36.1 Å². The fourth-order valence-corrected chi connectivity index (χ4v) is 3.04. The minimum Gasteiger partial charge on any atom is -0.494 e. The molecule has 1 heterocycles. The van der Waals surface area contributed by atoms with Gasteiger partial charge in [0.2, 0.25) is 5.91 Å². The van der Waals surface area contributed by atoms with E-state index < -0.39 is 12.0 Å². The van der Waals surface area contributed by atoms with Gasteiger partial charge in [0.1, 0.15) is 11.5 Å². The fraction of sp³-hybridized carbons (Fsp3) is 0.333. The van der Waals surface area contributed by atoms with E-state index >= 15 is 0 Å². The van der Waals surface area contributed by atoms with Gasteiger partial charge in [-0.15, -0.1) is 0 Å². The van der Waals surface area contributed by atoms with E-state index in [1.54, 1.807) is 24.3 Å². The molecule has 6 heteroatoms. The largest absolute Gasteiger partial charge is 0.494 e. The summed E-state index contributed by atoms with van der Waals surface area (Å²) in [5, 5.41) is 12.2. The molecule has 6 nitrogen and oxygen atoms in total. The number of carboxylic acid groups (broad SMARTS) is 1. The molecule has 0 fully saturated rings. The number of fused-ring (bicyclic) bond motifs is 1. The first-order chi connectivity index (χ1) is 13.1. The lowest BCUT2D eigenvalue weighted by molar-refractivity contribution is -0.142. The highest BCUT2D eigenvalue weighted by atomic mass is 16.5. The third-order valence-electron chi connectivity index (χ3n) is 4.34. The minimum absolute atomic E-state index is 0.0845. The summed E-state index contributed by atoms with van der Waals surface area (Å²) >= 11 is 0. The third kappa shape index (κ3) is 4.78. The first kappa shape index (κ1) is 18.8. The second-order valence-corrected chi connectivity index (χ2v) is 6.48. The average molecular weight is 369 g/mol. The number of carbonyl (C=O) groups is 2. The van der Waals surface area contributed by atoms with Gasteiger partial charge in [-0.1, -0.05) is 25.1 Å². The topological polar surface area (TPSA) is 84.9 Å². The molecular weight excluding hydrogens is 346 g/mol. The number of benzene rings is 2. The summed E-state index contributed by atoms with van der Waals surface area (Å²) in [6, 6.07) is 11.4. The van der Waals surface area contributed by atoms with Crippen molar-refractivity contribution in [1.82, 2.24) is 5.32 Å². The number of carboxylic acids is 1. The zero-order chi connectivity index (χ0) is 19.2. The van der Waals surface area contributed by atoms with Crippen molar-refractivity contribution in [2.75, 3.05) is 13.2 Å². The van der Waals surface area contributed by atoms with Gasteiger partial charge in [0.15, 0.2) is 6.04 Å². The Hall–Kier alpha value is -3.02. The van der Waals surface area contributed by atoms with Gasteiger partial charge in [-0.25, -0.2) is 4.79 Å². The van der Waals surface area contributed by atoms with Crippen molar-refractivity contribution in [3.8, 4) is 11.5 Å². The average Bonchev–Trinajstić information content (AvgIpc) is 3.12. The maximum atomic E-state index is 12.4. The number of hydrogen-bond donors (Lipinski definition) is 2. The summed E-state index contributed by atoms with van der Waals surface area (Å²) in [5.74, 6) is 0.0303. The lowest BCUT2D eigenvalue weighted by Gasteiger charge is -2.16. The smallest absolute Gasteiger partial charge is 0.330 e. The SMILES string of the molecule is CCCOc1cccc(CC(=O)NC(C(=O)O)c2ccc3c(c2)CCO3)c1. The normalized spacial score (nSPS) is 13.4. The Balaban J connectivity index is 1.68. The van der Waals surface area contributed by atoms with Crippen molar-refractivity contribution >= 4 is 11.9 Å². The third-order valence-corrected chi connectivity index (χ3v) is 4.34. The minimum atomic E-state index is -1.10. The van der Waals surface area contributed by atoms with Gasteiger partial charge in [-0.3, -0.25) is 4.79 Å². The van der Waals surface area contributed by atoms with E-state index in [-0.39, 0.29) is 12.3 Å². The molecule has 0 radical (unpaired) electrons. The van der Waals surface area contributed by atoms with Crippen LogP contribution in [-0.4, -0.2) is 30.2 Å². The molecule has 0 spiro atoms. The molecule has 0 aliphatic carbocycles. The summed E-state index contributed by atoms with van der Waals surface area (Å²) in [7, 11) is 0. The van der Waals surface area contributed by atoms with E-state index in [2.05, 4.69) is 5.32 Å². The molecule has 2 aromatic rings. The first-order valence-corrected chi connectivity index (χ1v) is 9.06. The Kier molecular flexibility index (Phi) is 5.96. The maximum Gasteiger partial charge on any atom is 0.330 e. The molecule has 0 saturated heterocycles. The lowest BCUT2D eigenvalue weighted by atomic mass is 10.0. The van der Waals surface area contributed by atoms with Crippen molar-refractivity contribution < 1.29 is 24.2 Å². The summed E-state index contributed by atoms with van der Waals surface area (Å²) in [4.78, 5) is 24.1. The van der Waals surface area contributed by atoms with Crippen molar-refractivity contribution in [2.24, 2.45) is 0 Å². The highest BCUT2D eigenvalue weighted by Crippen LogP contribution is 2.28. The molecule has 142 valence electrons. The standard InChI is InChI=1S/C21H23NO5/c1-2-9-26-17-5-3-4-14(11-17)12-19(23)22-20(21(24)25)16-6-7-18-15(13-16)8-10-27-18/h3-7,11,13,20H,2,8-10,12H2,1H3,(H,22,23)(H,24,25). The van der Waals surface area contributed by atoms with Gasteiger partial charge in [0, 0.05) is 6.42 Å². The second-order valence-electron chi connectivity index (χ2n) is 6.48. The summed E-state index contributed by atoms with van der Waals surface area (Å²) in [6.45, 7) is 3.23. The van der Waals surface area contributed by atoms with Gasteiger partial charge >= 0.3 is 5.97 Å². The van der Waals surface area contributed by atoms with Crippen LogP contribution >= 0.6 is 0 Å². The fourth-order valence-electron chi connectivity index (χ4n) is 3.04. The van der Waals surface area contributed by atoms with Crippen LogP contribution in [0.3, 0.4) is 0 Å². The molecule has 0 bridgehead atoms. The molecule has 1 aliphatic heterocycles. The van der Waals surface area contributed by atoms with Crippen LogP contribution in [0.2, 0.25) is 0 Å². The zero-order valence-corrected chi connectivity index (χ0v) is 15.2. The molecule has 0 aromatic heterocycles. The molecule has 1 atom stereocenters. The molecule has 3 rings (SSSR count). The van der Waals surface area contributed by atoms with E-state index in [0.717, 1.165) is 29.7 Å². The van der Waals surface area contributed by atoms with Gasteiger partial charge in [0.25, 0.3) is 0 Å². The van der Waals surface area contributed by atoms with Crippen LogP contribution in [-0.2, 0) is 22.4 Å². The van der Waals surface area contributed by atoms with E-state index in [0.29, 0.717) is 24.5 Å². The molecule has 1 aliphatic rings. The van der Waals surface area contributed by atoms with Crippen LogP contribution in [0.25, 0.3) is 0 Å². The lowest BCUT2D eigenvalue weighted by Crippen LogP contribution is -2.34. The molecule has 2 N–H and O–H groups in total. The number of nitrogens with one attached hydrogen (secondary N) is 1. The Morgan fingerprint density at radius 3 is 2.89 bits per heavy atom. The Morgan fingerprint density at radius 2 is 2.11 bits per heavy atom. The van der Waals surface area contributed by atoms with E-state index in [9.17, 15) is 14.7 Å². The van der Waals surface area contributed by atoms with E-state index in [4.69, 9.17) is 9.47 Å². The maximum absolute atomic E-state index is 12.4. The number of carbonyl (C=O) groups excluding carboxylic acids is 1. The Bertz CT molecular complexity index is 833. The van der Waals surface area contributed by atoms with Gasteiger partial charge in [-0.05, 0) is 47.4 Å². The zero-order valence-electron chi connectivity index (χ0n) is 15.2. The number of ether oxygens (including phenoxy) is 2. The Labute approximate surface area is 158 Å². The summed E-state index contributed by atoms with van der Waals surface area (Å²) in [6.07, 6.45) is 1.73. The van der Waals surface area contributed by atoms with Crippen molar-refractivity contribution in [3.05, 3.63) is 59.2 Å². The highest BCUT2D eigenvalue weighted by Gasteiger charge is 2.24. The molecular formula is C21H23NO5. The van der Waals surface area contributed by atoms with Crippen molar-refractivity contribution in [2.45, 2.75) is 32.2 Å². The number of hydrogen-bond acceptors (Lipinski definition) is 4. The van der Waals surface area contributed by atoms with Crippen molar-refractivity contribution in [1.29, 1.82) is 0 Å². The molecule has 1 amide bonds. The predicted octanol–water partition coefficient (Wildman–Crippen LogP) is 2.89. The van der Waals surface area contributed by atoms with Crippen molar-refractivity contribution in [3.63, 3.8) is 0 Å². The van der Waals surface area contributed by atoms with E-state index in [1.807, 2.05) is 25.1 Å². The van der Waals surface area contributed by atoms with Crippen LogP contribution in [0.5, 0.6) is 11.5 Å². The first-order valence-electron chi connectivity index (χ1n) is 9.06. The second kappa shape index (κ2) is 8.58. The molecule has 0 saturated carbocycles. The number of amides is 1. The van der Waals surface area contributed by atoms with Crippen LogP contribution in [0.15, 0.2) is 42.5 Å². The molecule has 1 unspecified atom stereocenters. The predicted molar refractivity (Wildman–Crippen MR) is 100 cm³/mol. The van der Waals surface area contributed by atoms with Gasteiger partial charge in [-0.2, -0.15) is 0 Å². The molecule has 27 heavy (non-hydrogen) atoms. The highest BCUT2D eigenvalue weighted by molar-refractivity contribution is 5.85. The van der Waals surface area contributed by atoms with Gasteiger partial charge in [0.05, 0.1) is 19.6 Å². The van der Waals surface area contributed by atoms with Crippen LogP contribution < -0.4 is 14.8 Å². The summed E-state index contributed by atoms with van der Waals surface area (Å²) < 4.78 is 11.0. The monoisotopic (exact) mass is 369 g/mol. The quantitative estimate of drug-likeness (QED) is 0.747. The van der Waals surface area contributed by atoms with Crippen LogP contribution in [0, 0.1) is 0 Å². The number of rotatable bonds is 8. The number of aliphatic carboxylic acids is 1.